The maximum Gasteiger partial charge on any atom is 0.267 e. The molecule has 0 aromatic carbocycles. The van der Waals surface area contributed by atoms with Gasteiger partial charge in [0.2, 0.25) is 11.8 Å². The number of H-pyrrole nitrogens is 1. The minimum absolute atomic E-state index is 0.0293. The van der Waals surface area contributed by atoms with E-state index in [1.54, 1.807) is 19.1 Å². The number of nitrogens with zero attached hydrogens (tertiary/aromatic N) is 3. The van der Waals surface area contributed by atoms with E-state index in [0.717, 1.165) is 5.01 Å². The number of aromatic amines is 1. The van der Waals surface area contributed by atoms with Crippen LogP contribution in [0, 0.1) is 0 Å². The second-order valence-electron chi connectivity index (χ2n) is 5.35. The molecule has 2 heterocycles. The lowest BCUT2D eigenvalue weighted by Crippen LogP contribution is -2.42. The standard InChI is InChI=1S/C15H19N7O4/c1-8(5-6-23)22(17)15-20-13(11(12(16)24)14(25)21-15)19-9-3-4-10(26-2)18-7-9/h3-4,6-8H,5,17H2,1-2H3,(H2,16,24)(H2,19,20,21,25). The van der Waals surface area contributed by atoms with Crippen molar-refractivity contribution in [2.45, 2.75) is 19.4 Å². The highest BCUT2D eigenvalue weighted by Crippen LogP contribution is 2.20. The molecule has 26 heavy (non-hydrogen) atoms. The van der Waals surface area contributed by atoms with Crippen molar-refractivity contribution in [1.82, 2.24) is 15.0 Å². The summed E-state index contributed by atoms with van der Waals surface area (Å²) in [6, 6.07) is 2.78. The molecule has 0 saturated heterocycles. The zero-order valence-corrected chi connectivity index (χ0v) is 14.2. The van der Waals surface area contributed by atoms with E-state index in [9.17, 15) is 14.4 Å². The maximum atomic E-state index is 12.3. The van der Waals surface area contributed by atoms with Crippen LogP contribution in [0.3, 0.4) is 0 Å². The first-order valence-corrected chi connectivity index (χ1v) is 7.56. The van der Waals surface area contributed by atoms with Crippen LogP contribution in [0.15, 0.2) is 23.1 Å². The van der Waals surface area contributed by atoms with Crippen molar-refractivity contribution < 1.29 is 14.3 Å². The second kappa shape index (κ2) is 8.07. The van der Waals surface area contributed by atoms with Gasteiger partial charge >= 0.3 is 0 Å². The van der Waals surface area contributed by atoms with Gasteiger partial charge in [-0.3, -0.25) is 19.6 Å². The van der Waals surface area contributed by atoms with Crippen LogP contribution in [-0.4, -0.2) is 40.3 Å². The van der Waals surface area contributed by atoms with Crippen molar-refractivity contribution in [2.24, 2.45) is 11.6 Å². The summed E-state index contributed by atoms with van der Waals surface area (Å²) in [5, 5.41) is 3.93. The minimum atomic E-state index is -0.959. The molecule has 1 amide bonds. The summed E-state index contributed by atoms with van der Waals surface area (Å²) in [7, 11) is 1.47. The normalized spacial score (nSPS) is 11.5. The second-order valence-corrected chi connectivity index (χ2v) is 5.35. The number of hydrogen-bond acceptors (Lipinski definition) is 9. The maximum absolute atomic E-state index is 12.3. The largest absolute Gasteiger partial charge is 0.481 e. The van der Waals surface area contributed by atoms with E-state index in [0.29, 0.717) is 17.9 Å². The Kier molecular flexibility index (Phi) is 5.86. The number of aldehydes is 1. The Morgan fingerprint density at radius 3 is 2.77 bits per heavy atom. The summed E-state index contributed by atoms with van der Waals surface area (Å²) in [6.45, 7) is 1.68. The predicted octanol–water partition coefficient (Wildman–Crippen LogP) is -0.326. The van der Waals surface area contributed by atoms with Crippen molar-refractivity contribution >= 4 is 29.6 Å². The van der Waals surface area contributed by atoms with E-state index < -0.39 is 17.5 Å². The number of primary amides is 1. The van der Waals surface area contributed by atoms with Crippen LogP contribution < -0.4 is 32.2 Å². The van der Waals surface area contributed by atoms with Crippen LogP contribution in [0.25, 0.3) is 0 Å². The Morgan fingerprint density at radius 2 is 2.23 bits per heavy atom. The van der Waals surface area contributed by atoms with Crippen LogP contribution in [0.1, 0.15) is 23.7 Å². The number of hydrazine groups is 1. The Morgan fingerprint density at radius 1 is 1.50 bits per heavy atom. The molecule has 2 aromatic rings. The monoisotopic (exact) mass is 361 g/mol. The number of ether oxygens (including phenoxy) is 1. The highest BCUT2D eigenvalue weighted by molar-refractivity contribution is 5.98. The van der Waals surface area contributed by atoms with E-state index in [2.05, 4.69) is 20.3 Å². The molecule has 2 aromatic heterocycles. The molecule has 0 spiro atoms. The minimum Gasteiger partial charge on any atom is -0.481 e. The topological polar surface area (TPSA) is 169 Å². The van der Waals surface area contributed by atoms with Gasteiger partial charge in [-0.05, 0) is 13.0 Å². The molecule has 0 fully saturated rings. The van der Waals surface area contributed by atoms with Gasteiger partial charge in [-0.2, -0.15) is 4.98 Å². The highest BCUT2D eigenvalue weighted by atomic mass is 16.5. The number of anilines is 3. The molecular weight excluding hydrogens is 342 g/mol. The summed E-state index contributed by atoms with van der Waals surface area (Å²) in [6.07, 6.45) is 2.26. The van der Waals surface area contributed by atoms with E-state index in [-0.39, 0.29) is 23.8 Å². The first kappa shape index (κ1) is 18.9. The van der Waals surface area contributed by atoms with Crippen LogP contribution >= 0.6 is 0 Å². The van der Waals surface area contributed by atoms with Crippen molar-refractivity contribution in [2.75, 3.05) is 17.4 Å². The quantitative estimate of drug-likeness (QED) is 0.279. The van der Waals surface area contributed by atoms with Gasteiger partial charge in [0.05, 0.1) is 25.0 Å². The number of rotatable bonds is 8. The Balaban J connectivity index is 2.45. The first-order chi connectivity index (χ1) is 12.4. The van der Waals surface area contributed by atoms with Crippen molar-refractivity contribution in [3.63, 3.8) is 0 Å². The summed E-state index contributed by atoms with van der Waals surface area (Å²) in [5.74, 6) is 5.20. The van der Waals surface area contributed by atoms with Crippen molar-refractivity contribution in [3.05, 3.63) is 34.2 Å². The van der Waals surface area contributed by atoms with Crippen molar-refractivity contribution in [1.29, 1.82) is 0 Å². The number of carbonyl (C=O) groups excluding carboxylic acids is 2. The average molecular weight is 361 g/mol. The van der Waals surface area contributed by atoms with Gasteiger partial charge in [0.15, 0.2) is 5.82 Å². The van der Waals surface area contributed by atoms with Gasteiger partial charge in [0.1, 0.15) is 11.8 Å². The smallest absolute Gasteiger partial charge is 0.267 e. The highest BCUT2D eigenvalue weighted by Gasteiger charge is 2.20. The number of carbonyl (C=O) groups is 2. The first-order valence-electron chi connectivity index (χ1n) is 7.56. The molecule has 138 valence electrons. The lowest BCUT2D eigenvalue weighted by molar-refractivity contribution is -0.108. The van der Waals surface area contributed by atoms with Crippen molar-refractivity contribution in [3.8, 4) is 5.88 Å². The van der Waals surface area contributed by atoms with Crippen LogP contribution in [-0.2, 0) is 4.79 Å². The number of pyridine rings is 1. The third-order valence-electron chi connectivity index (χ3n) is 3.52. The molecule has 0 saturated carbocycles. The lowest BCUT2D eigenvalue weighted by atomic mass is 10.2. The van der Waals surface area contributed by atoms with Crippen LogP contribution in [0.2, 0.25) is 0 Å². The molecule has 0 aliphatic heterocycles. The summed E-state index contributed by atoms with van der Waals surface area (Å²) < 4.78 is 4.97. The number of nitrogens with two attached hydrogens (primary N) is 2. The number of amides is 1. The molecule has 1 unspecified atom stereocenters. The van der Waals surface area contributed by atoms with Crippen LogP contribution in [0.4, 0.5) is 17.5 Å². The molecule has 11 heteroatoms. The summed E-state index contributed by atoms with van der Waals surface area (Å²) in [5.41, 5.74) is 4.60. The fourth-order valence-corrected chi connectivity index (χ4v) is 2.08. The molecule has 11 nitrogen and oxygen atoms in total. The predicted molar refractivity (Wildman–Crippen MR) is 94.3 cm³/mol. The number of hydrogen-bond donors (Lipinski definition) is 4. The van der Waals surface area contributed by atoms with E-state index in [4.69, 9.17) is 16.3 Å². The Labute approximate surface area is 148 Å². The Bertz CT molecular complexity index is 850. The molecular formula is C15H19N7O4. The third-order valence-corrected chi connectivity index (χ3v) is 3.52. The van der Waals surface area contributed by atoms with Gasteiger partial charge in [-0.1, -0.05) is 0 Å². The molecule has 0 bridgehead atoms. The van der Waals surface area contributed by atoms with Gasteiger partial charge < -0.3 is 20.6 Å². The van der Waals surface area contributed by atoms with E-state index in [1.807, 2.05) is 0 Å². The molecule has 0 aliphatic rings. The van der Waals surface area contributed by atoms with Gasteiger partial charge in [0.25, 0.3) is 11.5 Å². The van der Waals surface area contributed by atoms with Crippen LogP contribution in [0.5, 0.6) is 5.88 Å². The molecule has 0 aliphatic carbocycles. The number of methoxy groups -OCH3 is 1. The zero-order valence-electron chi connectivity index (χ0n) is 14.2. The number of nitrogens with one attached hydrogen (secondary N) is 2. The number of aromatic nitrogens is 3. The molecule has 6 N–H and O–H groups in total. The van der Waals surface area contributed by atoms with E-state index >= 15 is 0 Å². The SMILES string of the molecule is COc1ccc(Nc2nc(N(N)C(C)CC=O)[nH]c(=O)c2C(N)=O)cn1. The molecule has 1 atom stereocenters. The fraction of sp³-hybridized carbons (Fsp3) is 0.267. The summed E-state index contributed by atoms with van der Waals surface area (Å²) >= 11 is 0. The molecule has 2 rings (SSSR count). The van der Waals surface area contributed by atoms with Gasteiger partial charge in [-0.25, -0.2) is 10.8 Å². The Hall–Kier alpha value is -3.47. The van der Waals surface area contributed by atoms with Gasteiger partial charge in [-0.15, -0.1) is 0 Å². The average Bonchev–Trinajstić information content (AvgIpc) is 2.61. The fourth-order valence-electron chi connectivity index (χ4n) is 2.08. The van der Waals surface area contributed by atoms with Gasteiger partial charge in [0, 0.05) is 12.5 Å². The van der Waals surface area contributed by atoms with E-state index in [1.165, 1.54) is 13.3 Å². The summed E-state index contributed by atoms with van der Waals surface area (Å²) in [4.78, 5) is 45.1. The molecule has 0 radical (unpaired) electrons. The third kappa shape index (κ3) is 4.13. The lowest BCUT2D eigenvalue weighted by Gasteiger charge is -2.23. The zero-order chi connectivity index (χ0) is 19.3.